The van der Waals surface area contributed by atoms with Crippen molar-refractivity contribution in [2.45, 2.75) is 0 Å². The van der Waals surface area contributed by atoms with Gasteiger partial charge in [-0.25, -0.2) is 0 Å². The summed E-state index contributed by atoms with van der Waals surface area (Å²) >= 11 is -0.127. The van der Waals surface area contributed by atoms with E-state index in [-0.39, 0.29) is 21.2 Å². The van der Waals surface area contributed by atoms with Crippen molar-refractivity contribution in [1.29, 1.82) is 0 Å². The molecule has 0 aliphatic heterocycles. The summed E-state index contributed by atoms with van der Waals surface area (Å²) in [4.78, 5) is 12.7. The minimum absolute atomic E-state index is 0.127. The monoisotopic (exact) mass is 263 g/mol. The van der Waals surface area contributed by atoms with Crippen molar-refractivity contribution in [3.63, 3.8) is 0 Å². The molecule has 1 N–H and O–H groups in total. The molecule has 0 radical (unpaired) electrons. The fourth-order valence-corrected chi connectivity index (χ4v) is 2.36. The first-order chi connectivity index (χ1) is 5.25. The molecule has 0 saturated carbocycles. The van der Waals surface area contributed by atoms with Gasteiger partial charge in [0, 0.05) is 0 Å². The molecule has 3 heteroatoms. The Kier molecular flexibility index (Phi) is 2.87. The van der Waals surface area contributed by atoms with Crippen molar-refractivity contribution in [1.82, 2.24) is 0 Å². The molecule has 2 nitrogen and oxygen atoms in total. The number of carboxylic acid groups (broad SMARTS) is 1. The number of carboxylic acids is 1. The van der Waals surface area contributed by atoms with Gasteiger partial charge in [-0.05, 0) is 0 Å². The number of halogens is 1. The predicted molar refractivity (Wildman–Crippen MR) is 38.0 cm³/mol. The number of alkyl halides is 1. The van der Waals surface area contributed by atoms with Crippen molar-refractivity contribution in [3.8, 4) is 0 Å². The summed E-state index contributed by atoms with van der Waals surface area (Å²) < 4.78 is 0.999. The average molecular weight is 263 g/mol. The quantitative estimate of drug-likeness (QED) is 0.509. The summed E-state index contributed by atoms with van der Waals surface area (Å²) in [5.41, 5.74) is 0.461. The molecule has 0 aliphatic carbocycles. The van der Waals surface area contributed by atoms with E-state index in [1.54, 1.807) is 12.1 Å². The predicted octanol–water partition coefficient (Wildman–Crippen LogP) is -1.73. The van der Waals surface area contributed by atoms with Gasteiger partial charge in [0.2, 0.25) is 0 Å². The maximum absolute atomic E-state index is 10.6. The number of carbonyl (C=O) groups is 1. The molecule has 0 atom stereocenters. The van der Waals surface area contributed by atoms with E-state index >= 15 is 0 Å². The van der Waals surface area contributed by atoms with E-state index < -0.39 is 5.97 Å². The van der Waals surface area contributed by atoms with Crippen molar-refractivity contribution in [2.24, 2.45) is 0 Å². The van der Waals surface area contributed by atoms with E-state index in [1.165, 1.54) is 0 Å². The van der Waals surface area contributed by atoms with Gasteiger partial charge < -0.3 is 0 Å². The topological polar surface area (TPSA) is 37.3 Å². The zero-order valence-corrected chi connectivity index (χ0v) is 8.20. The summed E-state index contributed by atoms with van der Waals surface area (Å²) in [7, 11) is 0. The third-order valence-electron chi connectivity index (χ3n) is 1.31. The Balaban J connectivity index is 3.12. The molecule has 0 bridgehead atoms. The fraction of sp³-hybridized carbons (Fsp3) is 0.125. The molecule has 0 fully saturated rings. The van der Waals surface area contributed by atoms with E-state index in [1.807, 2.05) is 12.1 Å². The van der Waals surface area contributed by atoms with E-state index in [0.717, 1.165) is 3.57 Å². The van der Waals surface area contributed by atoms with Crippen molar-refractivity contribution in [2.75, 3.05) is 4.93 Å². The van der Waals surface area contributed by atoms with Crippen LogP contribution in [0.1, 0.15) is 10.4 Å². The van der Waals surface area contributed by atoms with Gasteiger partial charge in [-0.2, -0.15) is 0 Å². The van der Waals surface area contributed by atoms with Crippen molar-refractivity contribution >= 4 is 5.97 Å². The Morgan fingerprint density at radius 1 is 1.45 bits per heavy atom. The second kappa shape index (κ2) is 3.71. The molecule has 11 heavy (non-hydrogen) atoms. The van der Waals surface area contributed by atoms with Crippen molar-refractivity contribution < 1.29 is 31.1 Å². The zero-order valence-electron chi connectivity index (χ0n) is 6.04. The molecule has 0 unspecified atom stereocenters. The molecule has 1 rings (SSSR count). The third-order valence-corrected chi connectivity index (χ3v) is 3.41. The van der Waals surface area contributed by atoms with Gasteiger partial charge >= 0.3 is 75.4 Å². The Bertz CT molecular complexity index is 271. The van der Waals surface area contributed by atoms with Gasteiger partial charge in [-0.15, -0.1) is 0 Å². The normalized spacial score (nSPS) is 9.91. The zero-order chi connectivity index (χ0) is 8.27. The Labute approximate surface area is 75.5 Å². The third kappa shape index (κ3) is 1.92. The van der Waals surface area contributed by atoms with Crippen LogP contribution in [0.5, 0.6) is 0 Å². The molecule has 0 aliphatic rings. The van der Waals surface area contributed by atoms with E-state index in [0.29, 0.717) is 5.56 Å². The molecule has 0 aromatic heterocycles. The number of hydrogen-bond donors (Lipinski definition) is 1. The minimum atomic E-state index is -0.817. The molecule has 0 heterocycles. The van der Waals surface area contributed by atoms with E-state index in [2.05, 4.69) is 4.93 Å². The molecule has 0 spiro atoms. The van der Waals surface area contributed by atoms with Gasteiger partial charge in [0.1, 0.15) is 0 Å². The molecular formula is C8H8IO2-. The number of hydrogen-bond acceptors (Lipinski definition) is 1. The summed E-state index contributed by atoms with van der Waals surface area (Å²) in [6.45, 7) is 0. The molecule has 60 valence electrons. The van der Waals surface area contributed by atoms with Crippen molar-refractivity contribution in [3.05, 3.63) is 33.4 Å². The van der Waals surface area contributed by atoms with E-state index in [4.69, 9.17) is 5.11 Å². The summed E-state index contributed by atoms with van der Waals surface area (Å²) in [6, 6.07) is 7.18. The van der Waals surface area contributed by atoms with Crippen LogP contribution in [0.2, 0.25) is 0 Å². The Morgan fingerprint density at radius 2 is 2.09 bits per heavy atom. The molecule has 0 amide bonds. The Morgan fingerprint density at radius 3 is 2.55 bits per heavy atom. The number of aromatic carboxylic acids is 1. The first-order valence-corrected chi connectivity index (χ1v) is 6.31. The van der Waals surface area contributed by atoms with Crippen LogP contribution in [0.25, 0.3) is 0 Å². The van der Waals surface area contributed by atoms with Gasteiger partial charge in [-0.3, -0.25) is 0 Å². The molecule has 1 aromatic rings. The van der Waals surface area contributed by atoms with Crippen LogP contribution in [0.3, 0.4) is 0 Å². The fourth-order valence-electron chi connectivity index (χ4n) is 0.799. The van der Waals surface area contributed by atoms with Crippen LogP contribution < -0.4 is 21.2 Å². The summed E-state index contributed by atoms with van der Waals surface area (Å²) in [5.74, 6) is -0.817. The maximum atomic E-state index is 10.6. The number of benzene rings is 1. The van der Waals surface area contributed by atoms with Crippen LogP contribution in [0, 0.1) is 3.57 Å². The summed E-state index contributed by atoms with van der Waals surface area (Å²) in [5, 5.41) is 8.71. The second-order valence-corrected chi connectivity index (χ2v) is 4.21. The van der Waals surface area contributed by atoms with Gasteiger partial charge in [0.05, 0.1) is 0 Å². The molecule has 0 saturated heterocycles. The van der Waals surface area contributed by atoms with Crippen LogP contribution in [0.4, 0.5) is 0 Å². The summed E-state index contributed by atoms with van der Waals surface area (Å²) in [6.07, 6.45) is 0. The van der Waals surface area contributed by atoms with Crippen LogP contribution in [-0.2, 0) is 0 Å². The van der Waals surface area contributed by atoms with Gasteiger partial charge in [0.25, 0.3) is 0 Å². The molecule has 1 aromatic carbocycles. The molecular weight excluding hydrogens is 255 g/mol. The first-order valence-electron chi connectivity index (χ1n) is 3.07. The average Bonchev–Trinajstić information content (AvgIpc) is 2.04. The SMILES string of the molecule is C[I-]c1ccccc1C(=O)O. The number of rotatable bonds is 2. The van der Waals surface area contributed by atoms with Crippen LogP contribution in [0.15, 0.2) is 24.3 Å². The Hall–Kier alpha value is -0.580. The van der Waals surface area contributed by atoms with Crippen LogP contribution >= 0.6 is 0 Å². The van der Waals surface area contributed by atoms with Crippen LogP contribution in [-0.4, -0.2) is 16.0 Å². The van der Waals surface area contributed by atoms with Gasteiger partial charge in [0.15, 0.2) is 0 Å². The standard InChI is InChI=1S/C8H8IO2/c1-9-7-5-3-2-4-6(7)8(10)11/h2-5H,1H3,(H,10,11)/q-1. The first kappa shape index (κ1) is 8.52. The van der Waals surface area contributed by atoms with E-state index in [9.17, 15) is 4.79 Å². The second-order valence-electron chi connectivity index (χ2n) is 1.97. The van der Waals surface area contributed by atoms with Gasteiger partial charge in [-0.1, -0.05) is 0 Å².